The Morgan fingerprint density at radius 2 is 2.10 bits per heavy atom. The van der Waals surface area contributed by atoms with Gasteiger partial charge in [-0.05, 0) is 43.7 Å². The number of nitrogens with one attached hydrogen (secondary N) is 1. The second kappa shape index (κ2) is 5.87. The van der Waals surface area contributed by atoms with Gasteiger partial charge in [0.2, 0.25) is 0 Å². The molecule has 0 bridgehead atoms. The molecule has 0 spiro atoms. The lowest BCUT2D eigenvalue weighted by Crippen LogP contribution is -2.47. The molecule has 0 aliphatic heterocycles. The van der Waals surface area contributed by atoms with Crippen molar-refractivity contribution in [3.8, 4) is 0 Å². The Bertz CT molecular complexity index is 513. The minimum absolute atomic E-state index is 0.162. The SMILES string of the molecule is CCC(NC(=O)c1c(F)ccc(C)c1F)C1CC(O)C1. The Balaban J connectivity index is 2.13. The van der Waals surface area contributed by atoms with E-state index in [-0.39, 0.29) is 23.6 Å². The van der Waals surface area contributed by atoms with E-state index < -0.39 is 23.1 Å². The van der Waals surface area contributed by atoms with Crippen LogP contribution >= 0.6 is 0 Å². The molecule has 1 aliphatic rings. The first-order chi connectivity index (χ1) is 9.43. The summed E-state index contributed by atoms with van der Waals surface area (Å²) in [5.74, 6) is -2.22. The molecular formula is C15H19F2NO2. The Hall–Kier alpha value is -1.49. The van der Waals surface area contributed by atoms with Crippen LogP contribution < -0.4 is 5.32 Å². The molecule has 20 heavy (non-hydrogen) atoms. The first-order valence-electron chi connectivity index (χ1n) is 6.87. The number of amides is 1. The van der Waals surface area contributed by atoms with E-state index in [4.69, 9.17) is 0 Å². The Kier molecular flexibility index (Phi) is 4.38. The lowest BCUT2D eigenvalue weighted by Gasteiger charge is -2.37. The molecule has 3 nitrogen and oxygen atoms in total. The van der Waals surface area contributed by atoms with Gasteiger partial charge in [-0.25, -0.2) is 8.78 Å². The fourth-order valence-corrected chi connectivity index (χ4v) is 2.62. The molecule has 1 amide bonds. The van der Waals surface area contributed by atoms with E-state index >= 15 is 0 Å². The van der Waals surface area contributed by atoms with E-state index in [1.165, 1.54) is 13.0 Å². The summed E-state index contributed by atoms with van der Waals surface area (Å²) in [7, 11) is 0. The second-order valence-electron chi connectivity index (χ2n) is 5.43. The first kappa shape index (κ1) is 14.9. The van der Waals surface area contributed by atoms with Gasteiger partial charge in [-0.1, -0.05) is 13.0 Å². The highest BCUT2D eigenvalue weighted by Gasteiger charge is 2.34. The van der Waals surface area contributed by atoms with Gasteiger partial charge in [-0.3, -0.25) is 4.79 Å². The van der Waals surface area contributed by atoms with Gasteiger partial charge in [-0.2, -0.15) is 0 Å². The minimum atomic E-state index is -0.853. The molecule has 1 saturated carbocycles. The van der Waals surface area contributed by atoms with E-state index in [1.807, 2.05) is 6.92 Å². The monoisotopic (exact) mass is 283 g/mol. The van der Waals surface area contributed by atoms with Crippen LogP contribution in [0.25, 0.3) is 0 Å². The Labute approximate surface area is 117 Å². The number of rotatable bonds is 4. The zero-order valence-corrected chi connectivity index (χ0v) is 11.6. The average Bonchev–Trinajstić information content (AvgIpc) is 2.37. The van der Waals surface area contributed by atoms with Gasteiger partial charge in [0.25, 0.3) is 5.91 Å². The number of hydrogen-bond acceptors (Lipinski definition) is 2. The Morgan fingerprint density at radius 3 is 2.65 bits per heavy atom. The molecule has 110 valence electrons. The van der Waals surface area contributed by atoms with Crippen LogP contribution in [0.1, 0.15) is 42.1 Å². The van der Waals surface area contributed by atoms with Gasteiger partial charge in [0, 0.05) is 6.04 Å². The summed E-state index contributed by atoms with van der Waals surface area (Å²) in [6, 6.07) is 2.24. The van der Waals surface area contributed by atoms with Crippen molar-refractivity contribution in [3.05, 3.63) is 34.9 Å². The van der Waals surface area contributed by atoms with Crippen LogP contribution in [0.15, 0.2) is 12.1 Å². The quantitative estimate of drug-likeness (QED) is 0.892. The van der Waals surface area contributed by atoms with Crippen molar-refractivity contribution in [1.29, 1.82) is 0 Å². The predicted molar refractivity (Wildman–Crippen MR) is 71.4 cm³/mol. The molecule has 1 aliphatic carbocycles. The van der Waals surface area contributed by atoms with Crippen molar-refractivity contribution in [3.63, 3.8) is 0 Å². The molecule has 2 rings (SSSR count). The smallest absolute Gasteiger partial charge is 0.257 e. The predicted octanol–water partition coefficient (Wildman–Crippen LogP) is 2.55. The normalized spacial score (nSPS) is 23.1. The Morgan fingerprint density at radius 1 is 1.45 bits per heavy atom. The van der Waals surface area contributed by atoms with Crippen LogP contribution in [0.4, 0.5) is 8.78 Å². The lowest BCUT2D eigenvalue weighted by molar-refractivity contribution is 0.0231. The van der Waals surface area contributed by atoms with Gasteiger partial charge in [-0.15, -0.1) is 0 Å². The van der Waals surface area contributed by atoms with Crippen molar-refractivity contribution < 1.29 is 18.7 Å². The van der Waals surface area contributed by atoms with Crippen LogP contribution in [0.5, 0.6) is 0 Å². The fourth-order valence-electron chi connectivity index (χ4n) is 2.62. The highest BCUT2D eigenvalue weighted by Crippen LogP contribution is 2.31. The molecule has 1 atom stereocenters. The number of benzene rings is 1. The maximum atomic E-state index is 13.9. The summed E-state index contributed by atoms with van der Waals surface area (Å²) < 4.78 is 27.5. The van der Waals surface area contributed by atoms with Gasteiger partial charge >= 0.3 is 0 Å². The molecule has 1 unspecified atom stereocenters. The lowest BCUT2D eigenvalue weighted by atomic mass is 9.76. The maximum absolute atomic E-state index is 13.9. The van der Waals surface area contributed by atoms with Gasteiger partial charge in [0.05, 0.1) is 6.10 Å². The van der Waals surface area contributed by atoms with Crippen LogP contribution in [-0.2, 0) is 0 Å². The molecule has 0 aromatic heterocycles. The molecule has 1 aromatic rings. The van der Waals surface area contributed by atoms with Crippen molar-refractivity contribution in [2.75, 3.05) is 0 Å². The van der Waals surface area contributed by atoms with E-state index in [2.05, 4.69) is 5.32 Å². The maximum Gasteiger partial charge on any atom is 0.257 e. The summed E-state index contributed by atoms with van der Waals surface area (Å²) in [5, 5.41) is 12.0. The number of aliphatic hydroxyl groups excluding tert-OH is 1. The third kappa shape index (κ3) is 2.82. The van der Waals surface area contributed by atoms with Crippen LogP contribution in [0, 0.1) is 24.5 Å². The highest BCUT2D eigenvalue weighted by molar-refractivity contribution is 5.95. The molecule has 5 heteroatoms. The van der Waals surface area contributed by atoms with E-state index in [9.17, 15) is 18.7 Å². The second-order valence-corrected chi connectivity index (χ2v) is 5.43. The largest absolute Gasteiger partial charge is 0.393 e. The summed E-state index contributed by atoms with van der Waals surface area (Å²) in [4.78, 5) is 12.1. The minimum Gasteiger partial charge on any atom is -0.393 e. The number of carbonyl (C=O) groups excluding carboxylic acids is 1. The molecule has 0 saturated heterocycles. The summed E-state index contributed by atoms with van der Waals surface area (Å²) in [5.41, 5.74) is -0.285. The summed E-state index contributed by atoms with van der Waals surface area (Å²) in [6.07, 6.45) is 1.59. The summed E-state index contributed by atoms with van der Waals surface area (Å²) >= 11 is 0. The molecule has 2 N–H and O–H groups in total. The van der Waals surface area contributed by atoms with E-state index in [1.54, 1.807) is 0 Å². The van der Waals surface area contributed by atoms with Crippen molar-refractivity contribution in [2.24, 2.45) is 5.92 Å². The fraction of sp³-hybridized carbons (Fsp3) is 0.533. The van der Waals surface area contributed by atoms with Crippen molar-refractivity contribution >= 4 is 5.91 Å². The third-order valence-electron chi connectivity index (χ3n) is 3.99. The zero-order chi connectivity index (χ0) is 14.9. The number of aliphatic hydroxyl groups is 1. The van der Waals surface area contributed by atoms with Crippen molar-refractivity contribution in [2.45, 2.75) is 45.3 Å². The molecule has 0 radical (unpaired) electrons. The first-order valence-corrected chi connectivity index (χ1v) is 6.87. The van der Waals surface area contributed by atoms with Crippen LogP contribution in [0.2, 0.25) is 0 Å². The van der Waals surface area contributed by atoms with E-state index in [0.717, 1.165) is 6.07 Å². The molecule has 1 fully saturated rings. The topological polar surface area (TPSA) is 49.3 Å². The standard InChI is InChI=1S/C15H19F2NO2/c1-3-12(9-6-10(19)7-9)18-15(20)13-11(16)5-4-8(2)14(13)17/h4-5,9-10,12,19H,3,6-7H2,1-2H3,(H,18,20). The molecule has 0 heterocycles. The van der Waals surface area contributed by atoms with Gasteiger partial charge in [0.1, 0.15) is 17.2 Å². The van der Waals surface area contributed by atoms with Gasteiger partial charge in [0.15, 0.2) is 0 Å². The third-order valence-corrected chi connectivity index (χ3v) is 3.99. The average molecular weight is 283 g/mol. The van der Waals surface area contributed by atoms with Crippen molar-refractivity contribution in [1.82, 2.24) is 5.32 Å². The van der Waals surface area contributed by atoms with Crippen LogP contribution in [0.3, 0.4) is 0 Å². The number of halogens is 2. The number of hydrogen-bond donors (Lipinski definition) is 2. The number of carbonyl (C=O) groups is 1. The summed E-state index contributed by atoms with van der Waals surface area (Å²) in [6.45, 7) is 3.39. The molecule has 1 aromatic carbocycles. The number of aryl methyl sites for hydroxylation is 1. The highest BCUT2D eigenvalue weighted by atomic mass is 19.1. The van der Waals surface area contributed by atoms with Crippen LogP contribution in [-0.4, -0.2) is 23.2 Å². The molecular weight excluding hydrogens is 264 g/mol. The van der Waals surface area contributed by atoms with Gasteiger partial charge < -0.3 is 10.4 Å². The zero-order valence-electron chi connectivity index (χ0n) is 11.6. The van der Waals surface area contributed by atoms with E-state index in [0.29, 0.717) is 19.3 Å².